The molecule has 2 rings (SSSR count). The van der Waals surface area contributed by atoms with Crippen molar-refractivity contribution < 1.29 is 8.42 Å². The van der Waals surface area contributed by atoms with Crippen molar-refractivity contribution in [1.82, 2.24) is 15.0 Å². The molecule has 108 valence electrons. The summed E-state index contributed by atoms with van der Waals surface area (Å²) < 4.78 is 27.1. The SMILES string of the molecule is CNCc1sccc1S(=O)(=O)NCCc1ccncc1. The zero-order valence-corrected chi connectivity index (χ0v) is 12.8. The third kappa shape index (κ3) is 3.86. The van der Waals surface area contributed by atoms with Crippen molar-refractivity contribution in [2.45, 2.75) is 17.9 Å². The molecule has 5 nitrogen and oxygen atoms in total. The first-order valence-electron chi connectivity index (χ1n) is 6.23. The normalized spacial score (nSPS) is 11.7. The molecule has 0 fully saturated rings. The second kappa shape index (κ2) is 6.94. The van der Waals surface area contributed by atoms with E-state index in [4.69, 9.17) is 0 Å². The van der Waals surface area contributed by atoms with Gasteiger partial charge in [-0.15, -0.1) is 11.3 Å². The summed E-state index contributed by atoms with van der Waals surface area (Å²) in [5.74, 6) is 0. The van der Waals surface area contributed by atoms with Crippen LogP contribution >= 0.6 is 11.3 Å². The largest absolute Gasteiger partial charge is 0.315 e. The first kappa shape index (κ1) is 15.1. The zero-order valence-electron chi connectivity index (χ0n) is 11.2. The lowest BCUT2D eigenvalue weighted by Crippen LogP contribution is -2.26. The fraction of sp³-hybridized carbons (Fsp3) is 0.308. The average Bonchev–Trinajstić information content (AvgIpc) is 2.89. The first-order valence-corrected chi connectivity index (χ1v) is 8.59. The molecule has 2 aromatic heterocycles. The molecule has 20 heavy (non-hydrogen) atoms. The summed E-state index contributed by atoms with van der Waals surface area (Å²) in [5.41, 5.74) is 1.06. The molecule has 2 heterocycles. The lowest BCUT2D eigenvalue weighted by Gasteiger charge is -2.07. The number of thiophene rings is 1. The van der Waals surface area contributed by atoms with Crippen LogP contribution in [0.1, 0.15) is 10.4 Å². The van der Waals surface area contributed by atoms with Gasteiger partial charge in [0.25, 0.3) is 0 Å². The Kier molecular flexibility index (Phi) is 5.24. The Bertz CT molecular complexity index is 639. The third-order valence-electron chi connectivity index (χ3n) is 2.79. The summed E-state index contributed by atoms with van der Waals surface area (Å²) in [5, 5.41) is 4.77. The molecular weight excluding hydrogens is 294 g/mol. The van der Waals surface area contributed by atoms with Crippen LogP contribution in [0.5, 0.6) is 0 Å². The van der Waals surface area contributed by atoms with E-state index >= 15 is 0 Å². The average molecular weight is 311 g/mol. The predicted molar refractivity (Wildman–Crippen MR) is 80.2 cm³/mol. The third-order valence-corrected chi connectivity index (χ3v) is 5.38. The highest BCUT2D eigenvalue weighted by atomic mass is 32.2. The summed E-state index contributed by atoms with van der Waals surface area (Å²) in [4.78, 5) is 5.12. The smallest absolute Gasteiger partial charge is 0.241 e. The molecule has 0 aliphatic heterocycles. The molecule has 2 aromatic rings. The molecule has 0 aliphatic rings. The quantitative estimate of drug-likeness (QED) is 0.810. The minimum Gasteiger partial charge on any atom is -0.315 e. The van der Waals surface area contributed by atoms with Gasteiger partial charge in [0.1, 0.15) is 0 Å². The summed E-state index contributed by atoms with van der Waals surface area (Å²) >= 11 is 1.44. The fourth-order valence-corrected chi connectivity index (χ4v) is 4.30. The number of sulfonamides is 1. The number of nitrogens with one attached hydrogen (secondary N) is 2. The Morgan fingerprint density at radius 1 is 1.25 bits per heavy atom. The molecule has 0 saturated heterocycles. The molecule has 0 amide bonds. The molecule has 2 N–H and O–H groups in total. The second-order valence-corrected chi connectivity index (χ2v) is 6.98. The van der Waals surface area contributed by atoms with Crippen LogP contribution in [0.15, 0.2) is 40.9 Å². The highest BCUT2D eigenvalue weighted by molar-refractivity contribution is 7.89. The van der Waals surface area contributed by atoms with Crippen LogP contribution in [0.3, 0.4) is 0 Å². The van der Waals surface area contributed by atoms with Gasteiger partial charge in [-0.05, 0) is 42.6 Å². The van der Waals surface area contributed by atoms with Gasteiger partial charge in [-0.3, -0.25) is 4.98 Å². The van der Waals surface area contributed by atoms with Crippen LogP contribution < -0.4 is 10.0 Å². The van der Waals surface area contributed by atoms with E-state index in [1.807, 2.05) is 12.1 Å². The molecule has 0 unspecified atom stereocenters. The van der Waals surface area contributed by atoms with Crippen LogP contribution in [-0.4, -0.2) is 27.0 Å². The van der Waals surface area contributed by atoms with Gasteiger partial charge in [-0.2, -0.15) is 0 Å². The number of hydrogen-bond acceptors (Lipinski definition) is 5. The minimum absolute atomic E-state index is 0.367. The van der Waals surface area contributed by atoms with Gasteiger partial charge in [-0.1, -0.05) is 0 Å². The summed E-state index contributed by atoms with van der Waals surface area (Å²) in [6.07, 6.45) is 4.05. The molecule has 0 saturated carbocycles. The van der Waals surface area contributed by atoms with Crippen molar-refractivity contribution in [3.8, 4) is 0 Å². The summed E-state index contributed by atoms with van der Waals surface area (Å²) in [6.45, 7) is 0.930. The van der Waals surface area contributed by atoms with Crippen molar-refractivity contribution in [2.24, 2.45) is 0 Å². The Labute approximate surface area is 123 Å². The standard InChI is InChI=1S/C13H17N3O2S2/c1-14-10-12-13(5-9-19-12)20(17,18)16-8-4-11-2-6-15-7-3-11/h2-3,5-7,9,14,16H,4,8,10H2,1H3. The monoisotopic (exact) mass is 311 g/mol. The fourth-order valence-electron chi connectivity index (χ4n) is 1.81. The number of pyridine rings is 1. The maximum Gasteiger partial charge on any atom is 0.241 e. The Balaban J connectivity index is 1.99. The van der Waals surface area contributed by atoms with E-state index in [1.165, 1.54) is 11.3 Å². The molecule has 0 bridgehead atoms. The van der Waals surface area contributed by atoms with Crippen LogP contribution in [-0.2, 0) is 23.0 Å². The lowest BCUT2D eigenvalue weighted by molar-refractivity contribution is 0.580. The topological polar surface area (TPSA) is 71.1 Å². The van der Waals surface area contributed by atoms with Crippen molar-refractivity contribution >= 4 is 21.4 Å². The Morgan fingerprint density at radius 3 is 2.70 bits per heavy atom. The van der Waals surface area contributed by atoms with E-state index in [-0.39, 0.29) is 0 Å². The maximum atomic E-state index is 12.2. The van der Waals surface area contributed by atoms with Crippen LogP contribution in [0, 0.1) is 0 Å². The summed E-state index contributed by atoms with van der Waals surface area (Å²) in [6, 6.07) is 5.41. The van der Waals surface area contributed by atoms with Gasteiger partial charge in [-0.25, -0.2) is 13.1 Å². The van der Waals surface area contributed by atoms with E-state index < -0.39 is 10.0 Å². The first-order chi connectivity index (χ1) is 9.63. The van der Waals surface area contributed by atoms with Crippen molar-refractivity contribution in [3.05, 3.63) is 46.4 Å². The van der Waals surface area contributed by atoms with E-state index in [0.29, 0.717) is 24.4 Å². The van der Waals surface area contributed by atoms with E-state index in [9.17, 15) is 8.42 Å². The van der Waals surface area contributed by atoms with Crippen molar-refractivity contribution in [3.63, 3.8) is 0 Å². The number of rotatable bonds is 7. The molecule has 7 heteroatoms. The number of aromatic nitrogens is 1. The lowest BCUT2D eigenvalue weighted by atomic mass is 10.2. The van der Waals surface area contributed by atoms with Gasteiger partial charge in [0.15, 0.2) is 0 Å². The van der Waals surface area contributed by atoms with Gasteiger partial charge in [0.2, 0.25) is 10.0 Å². The van der Waals surface area contributed by atoms with E-state index in [2.05, 4.69) is 15.0 Å². The predicted octanol–water partition coefficient (Wildman–Crippen LogP) is 1.38. The Morgan fingerprint density at radius 2 is 2.00 bits per heavy atom. The van der Waals surface area contributed by atoms with Gasteiger partial charge < -0.3 is 5.32 Å². The highest BCUT2D eigenvalue weighted by Gasteiger charge is 2.18. The second-order valence-electron chi connectivity index (χ2n) is 4.24. The minimum atomic E-state index is -3.44. The molecule has 0 aromatic carbocycles. The highest BCUT2D eigenvalue weighted by Crippen LogP contribution is 2.21. The zero-order chi connectivity index (χ0) is 14.4. The maximum absolute atomic E-state index is 12.2. The number of hydrogen-bond donors (Lipinski definition) is 2. The van der Waals surface area contributed by atoms with Crippen LogP contribution in [0.25, 0.3) is 0 Å². The molecule has 0 aliphatic carbocycles. The van der Waals surface area contributed by atoms with E-state index in [1.54, 1.807) is 30.9 Å². The van der Waals surface area contributed by atoms with Crippen LogP contribution in [0.2, 0.25) is 0 Å². The van der Waals surface area contributed by atoms with Crippen molar-refractivity contribution in [1.29, 1.82) is 0 Å². The van der Waals surface area contributed by atoms with Crippen LogP contribution in [0.4, 0.5) is 0 Å². The molecule has 0 radical (unpaired) electrons. The van der Waals surface area contributed by atoms with Gasteiger partial charge >= 0.3 is 0 Å². The van der Waals surface area contributed by atoms with E-state index in [0.717, 1.165) is 10.4 Å². The van der Waals surface area contributed by atoms with Crippen molar-refractivity contribution in [2.75, 3.05) is 13.6 Å². The van der Waals surface area contributed by atoms with Gasteiger partial charge in [0, 0.05) is 30.4 Å². The molecule has 0 spiro atoms. The molecular formula is C13H17N3O2S2. The Hall–Kier alpha value is -1.28. The summed E-state index contributed by atoms with van der Waals surface area (Å²) in [7, 11) is -1.64. The van der Waals surface area contributed by atoms with Gasteiger partial charge in [0.05, 0.1) is 4.90 Å². The number of nitrogens with zero attached hydrogens (tertiary/aromatic N) is 1. The molecule has 0 atom stereocenters.